The Kier molecular flexibility index (Phi) is 6.03. The van der Waals surface area contributed by atoms with Crippen LogP contribution in [-0.4, -0.2) is 55.2 Å². The molecule has 3 heterocycles. The zero-order valence-electron chi connectivity index (χ0n) is 18.1. The number of rotatable bonds is 6. The number of hydrogen-bond donors (Lipinski definition) is 1. The summed E-state index contributed by atoms with van der Waals surface area (Å²) in [6.07, 6.45) is 2.35. The summed E-state index contributed by atoms with van der Waals surface area (Å²) in [4.78, 5) is 21.0. The summed E-state index contributed by atoms with van der Waals surface area (Å²) in [7, 11) is 0. The number of aromatic nitrogens is 1. The van der Waals surface area contributed by atoms with E-state index >= 15 is 0 Å². The lowest BCUT2D eigenvalue weighted by Gasteiger charge is -2.28. The van der Waals surface area contributed by atoms with Crippen molar-refractivity contribution in [2.24, 2.45) is 0 Å². The van der Waals surface area contributed by atoms with Crippen molar-refractivity contribution in [1.29, 1.82) is 0 Å². The van der Waals surface area contributed by atoms with Crippen molar-refractivity contribution < 1.29 is 9.53 Å². The standard InChI is InChI=1S/C26H28N4O2/c31-26-30(19-24(32-26)22-4-2-1-3-5-22)15-12-20-6-8-21(9-7-20)23-10-11-25(28-18-23)29-16-13-27-14-17-29/h1-11,18,24,27H,12-17,19H2. The van der Waals surface area contributed by atoms with Gasteiger partial charge in [-0.25, -0.2) is 9.78 Å². The summed E-state index contributed by atoms with van der Waals surface area (Å²) in [6, 6.07) is 22.7. The molecule has 6 heteroatoms. The number of amides is 1. The van der Waals surface area contributed by atoms with E-state index in [2.05, 4.69) is 51.6 Å². The number of anilines is 1. The second kappa shape index (κ2) is 9.40. The Morgan fingerprint density at radius 3 is 2.41 bits per heavy atom. The molecule has 6 nitrogen and oxygen atoms in total. The van der Waals surface area contributed by atoms with Gasteiger partial charge in [-0.2, -0.15) is 0 Å². The maximum atomic E-state index is 12.3. The van der Waals surface area contributed by atoms with Gasteiger partial charge in [-0.05, 0) is 35.2 Å². The van der Waals surface area contributed by atoms with Gasteiger partial charge in [-0.3, -0.25) is 0 Å². The number of nitrogens with one attached hydrogen (secondary N) is 1. The molecular formula is C26H28N4O2. The van der Waals surface area contributed by atoms with Crippen molar-refractivity contribution in [2.75, 3.05) is 44.2 Å². The first kappa shape index (κ1) is 20.5. The summed E-state index contributed by atoms with van der Waals surface area (Å²) in [5.41, 5.74) is 4.52. The predicted octanol–water partition coefficient (Wildman–Crippen LogP) is 3.89. The van der Waals surface area contributed by atoms with Crippen LogP contribution in [0.25, 0.3) is 11.1 Å². The number of cyclic esters (lactones) is 1. The third kappa shape index (κ3) is 4.60. The average molecular weight is 429 g/mol. The highest BCUT2D eigenvalue weighted by Crippen LogP contribution is 2.26. The molecule has 32 heavy (non-hydrogen) atoms. The maximum absolute atomic E-state index is 12.3. The van der Waals surface area contributed by atoms with Gasteiger partial charge in [0.2, 0.25) is 0 Å². The first-order valence-electron chi connectivity index (χ1n) is 11.3. The van der Waals surface area contributed by atoms with Crippen LogP contribution >= 0.6 is 0 Å². The first-order chi connectivity index (χ1) is 15.8. The minimum Gasteiger partial charge on any atom is -0.439 e. The number of hydrogen-bond acceptors (Lipinski definition) is 5. The van der Waals surface area contributed by atoms with Crippen molar-refractivity contribution in [1.82, 2.24) is 15.2 Å². The smallest absolute Gasteiger partial charge is 0.410 e. The van der Waals surface area contributed by atoms with Gasteiger partial charge in [0, 0.05) is 44.5 Å². The maximum Gasteiger partial charge on any atom is 0.410 e. The molecule has 1 N–H and O–H groups in total. The highest BCUT2D eigenvalue weighted by Gasteiger charge is 2.31. The van der Waals surface area contributed by atoms with Gasteiger partial charge in [0.1, 0.15) is 11.9 Å². The molecule has 0 spiro atoms. The van der Waals surface area contributed by atoms with Crippen molar-refractivity contribution in [3.63, 3.8) is 0 Å². The lowest BCUT2D eigenvalue weighted by Crippen LogP contribution is -2.43. The van der Waals surface area contributed by atoms with Gasteiger partial charge in [0.05, 0.1) is 6.54 Å². The van der Waals surface area contributed by atoms with E-state index in [-0.39, 0.29) is 12.2 Å². The van der Waals surface area contributed by atoms with Gasteiger partial charge in [0.25, 0.3) is 0 Å². The van der Waals surface area contributed by atoms with Gasteiger partial charge in [-0.1, -0.05) is 54.6 Å². The highest BCUT2D eigenvalue weighted by atomic mass is 16.6. The van der Waals surface area contributed by atoms with Crippen molar-refractivity contribution in [2.45, 2.75) is 12.5 Å². The van der Waals surface area contributed by atoms with Crippen LogP contribution < -0.4 is 10.2 Å². The molecule has 2 fully saturated rings. The van der Waals surface area contributed by atoms with E-state index in [0.717, 1.165) is 55.1 Å². The second-order valence-corrected chi connectivity index (χ2v) is 8.32. The largest absolute Gasteiger partial charge is 0.439 e. The summed E-state index contributed by atoms with van der Waals surface area (Å²) in [5.74, 6) is 1.04. The van der Waals surface area contributed by atoms with E-state index in [4.69, 9.17) is 4.74 Å². The Morgan fingerprint density at radius 2 is 1.69 bits per heavy atom. The molecule has 0 radical (unpaired) electrons. The Labute approximate surface area is 188 Å². The number of carbonyl (C=O) groups excluding carboxylic acids is 1. The van der Waals surface area contributed by atoms with Crippen LogP contribution in [0.3, 0.4) is 0 Å². The fraction of sp³-hybridized carbons (Fsp3) is 0.308. The van der Waals surface area contributed by atoms with Crippen LogP contribution in [0.5, 0.6) is 0 Å². The van der Waals surface area contributed by atoms with Crippen LogP contribution in [0.15, 0.2) is 72.9 Å². The second-order valence-electron chi connectivity index (χ2n) is 8.32. The van der Waals surface area contributed by atoms with Gasteiger partial charge >= 0.3 is 6.09 Å². The van der Waals surface area contributed by atoms with Crippen LogP contribution in [0.2, 0.25) is 0 Å². The van der Waals surface area contributed by atoms with Crippen molar-refractivity contribution >= 4 is 11.9 Å². The molecule has 0 aliphatic carbocycles. The summed E-state index contributed by atoms with van der Waals surface area (Å²) >= 11 is 0. The molecule has 2 aliphatic heterocycles. The molecule has 1 unspecified atom stereocenters. The van der Waals surface area contributed by atoms with E-state index < -0.39 is 0 Å². The molecule has 0 saturated carbocycles. The third-order valence-electron chi connectivity index (χ3n) is 6.21. The number of pyridine rings is 1. The Balaban J connectivity index is 1.17. The molecule has 2 saturated heterocycles. The zero-order chi connectivity index (χ0) is 21.8. The molecule has 2 aromatic carbocycles. The van der Waals surface area contributed by atoms with E-state index in [1.807, 2.05) is 36.5 Å². The molecule has 1 amide bonds. The van der Waals surface area contributed by atoms with Crippen LogP contribution in [0.4, 0.5) is 10.6 Å². The summed E-state index contributed by atoms with van der Waals surface area (Å²) in [6.45, 7) is 5.27. The Morgan fingerprint density at radius 1 is 0.938 bits per heavy atom. The summed E-state index contributed by atoms with van der Waals surface area (Å²) in [5, 5.41) is 3.37. The molecule has 3 aromatic rings. The molecular weight excluding hydrogens is 400 g/mol. The normalized spacial score (nSPS) is 18.6. The van der Waals surface area contributed by atoms with Crippen LogP contribution in [0.1, 0.15) is 17.2 Å². The van der Waals surface area contributed by atoms with Crippen LogP contribution in [-0.2, 0) is 11.2 Å². The molecule has 164 valence electrons. The third-order valence-corrected chi connectivity index (χ3v) is 6.21. The molecule has 0 bridgehead atoms. The minimum atomic E-state index is -0.230. The van der Waals surface area contributed by atoms with Gasteiger partial charge in [0.15, 0.2) is 0 Å². The SMILES string of the molecule is O=C1OC(c2ccccc2)CN1CCc1ccc(-c2ccc(N3CCNCC3)nc2)cc1. The van der Waals surface area contributed by atoms with E-state index in [1.54, 1.807) is 4.90 Å². The first-order valence-corrected chi connectivity index (χ1v) is 11.3. The van der Waals surface area contributed by atoms with E-state index in [1.165, 1.54) is 5.56 Å². The number of nitrogens with zero attached hydrogens (tertiary/aromatic N) is 3. The van der Waals surface area contributed by atoms with E-state index in [0.29, 0.717) is 13.1 Å². The van der Waals surface area contributed by atoms with Crippen molar-refractivity contribution in [3.05, 3.63) is 84.1 Å². The predicted molar refractivity (Wildman–Crippen MR) is 126 cm³/mol. The molecule has 5 rings (SSSR count). The number of ether oxygens (including phenoxy) is 1. The van der Waals surface area contributed by atoms with Crippen molar-refractivity contribution in [3.8, 4) is 11.1 Å². The molecule has 1 atom stereocenters. The Bertz CT molecular complexity index is 1030. The zero-order valence-corrected chi connectivity index (χ0v) is 18.1. The average Bonchev–Trinajstić information content (AvgIpc) is 3.25. The Hall–Kier alpha value is -3.38. The number of carbonyl (C=O) groups is 1. The lowest BCUT2D eigenvalue weighted by molar-refractivity contribution is 0.133. The highest BCUT2D eigenvalue weighted by molar-refractivity contribution is 5.70. The van der Waals surface area contributed by atoms with Crippen LogP contribution in [0, 0.1) is 0 Å². The van der Waals surface area contributed by atoms with E-state index in [9.17, 15) is 4.79 Å². The minimum absolute atomic E-state index is 0.178. The molecule has 2 aliphatic rings. The summed E-state index contributed by atoms with van der Waals surface area (Å²) < 4.78 is 5.55. The number of piperazine rings is 1. The number of benzene rings is 2. The molecule has 1 aromatic heterocycles. The topological polar surface area (TPSA) is 57.7 Å². The van der Waals surface area contributed by atoms with Gasteiger partial charge in [-0.15, -0.1) is 0 Å². The lowest BCUT2D eigenvalue weighted by atomic mass is 10.0. The fourth-order valence-corrected chi connectivity index (χ4v) is 4.30. The van der Waals surface area contributed by atoms with Gasteiger partial charge < -0.3 is 19.9 Å². The monoisotopic (exact) mass is 428 g/mol. The fourth-order valence-electron chi connectivity index (χ4n) is 4.30. The quantitative estimate of drug-likeness (QED) is 0.646.